The van der Waals surface area contributed by atoms with E-state index in [0.29, 0.717) is 0 Å². The van der Waals surface area contributed by atoms with Gasteiger partial charge < -0.3 is 0 Å². The lowest BCUT2D eigenvalue weighted by molar-refractivity contribution is 1.60. The minimum Gasteiger partial charge on any atom is -0.0616 e. The zero-order valence-corrected chi connectivity index (χ0v) is 25.3. The summed E-state index contributed by atoms with van der Waals surface area (Å²) in [4.78, 5) is 0. The van der Waals surface area contributed by atoms with Crippen molar-refractivity contribution >= 4 is 43.1 Å². The third kappa shape index (κ3) is 4.30. The molecule has 214 valence electrons. The molecular formula is C46H30. The molecule has 0 bridgehead atoms. The lowest BCUT2D eigenvalue weighted by atomic mass is 9.84. The Balaban J connectivity index is 1.16. The molecule has 0 aliphatic heterocycles. The van der Waals surface area contributed by atoms with Crippen LogP contribution in [0.3, 0.4) is 0 Å². The molecule has 0 heterocycles. The summed E-state index contributed by atoms with van der Waals surface area (Å²) in [6.45, 7) is 0. The number of hydrogen-bond acceptors (Lipinski definition) is 0. The predicted octanol–water partition coefficient (Wildman–Crippen LogP) is 13.0. The van der Waals surface area contributed by atoms with Gasteiger partial charge in [-0.25, -0.2) is 0 Å². The molecule has 46 heavy (non-hydrogen) atoms. The van der Waals surface area contributed by atoms with Crippen LogP contribution in [0.2, 0.25) is 0 Å². The van der Waals surface area contributed by atoms with Crippen molar-refractivity contribution in [2.75, 3.05) is 0 Å². The Morgan fingerprint density at radius 2 is 0.543 bits per heavy atom. The first-order chi connectivity index (χ1) is 22.8. The minimum absolute atomic E-state index is 1.22. The Morgan fingerprint density at radius 3 is 1.07 bits per heavy atom. The van der Waals surface area contributed by atoms with Gasteiger partial charge in [0.2, 0.25) is 0 Å². The van der Waals surface area contributed by atoms with Gasteiger partial charge in [-0.15, -0.1) is 0 Å². The molecule has 0 aliphatic rings. The van der Waals surface area contributed by atoms with Gasteiger partial charge in [-0.3, -0.25) is 0 Å². The van der Waals surface area contributed by atoms with Crippen molar-refractivity contribution in [3.05, 3.63) is 182 Å². The van der Waals surface area contributed by atoms with E-state index in [4.69, 9.17) is 0 Å². The fourth-order valence-electron chi connectivity index (χ4n) is 7.32. The fraction of sp³-hybridized carbons (Fsp3) is 0. The molecule has 0 nitrogen and oxygen atoms in total. The van der Waals surface area contributed by atoms with Crippen LogP contribution in [0.1, 0.15) is 0 Å². The van der Waals surface area contributed by atoms with Crippen LogP contribution in [0, 0.1) is 0 Å². The summed E-state index contributed by atoms with van der Waals surface area (Å²) in [5.74, 6) is 0. The van der Waals surface area contributed by atoms with E-state index in [0.717, 1.165) is 0 Å². The Hall–Kier alpha value is -5.98. The van der Waals surface area contributed by atoms with E-state index in [1.165, 1.54) is 87.6 Å². The van der Waals surface area contributed by atoms with Crippen LogP contribution < -0.4 is 0 Å². The maximum absolute atomic E-state index is 2.29. The molecule has 0 aromatic heterocycles. The SMILES string of the molecule is c1ccc2c(-c3ccc(-c4ccc(-c5c6ccccc6c(-c6cccc7ccccc67)c6ccccc56)cc4)cc3)cccc2c1. The van der Waals surface area contributed by atoms with Gasteiger partial charge in [0.25, 0.3) is 0 Å². The van der Waals surface area contributed by atoms with E-state index in [2.05, 4.69) is 182 Å². The molecular weight excluding hydrogens is 553 g/mol. The van der Waals surface area contributed by atoms with Gasteiger partial charge in [0, 0.05) is 0 Å². The minimum atomic E-state index is 1.22. The number of rotatable bonds is 4. The summed E-state index contributed by atoms with van der Waals surface area (Å²) in [5.41, 5.74) is 10.0. The Labute approximate surface area is 268 Å². The van der Waals surface area contributed by atoms with Crippen molar-refractivity contribution < 1.29 is 0 Å². The average molecular weight is 583 g/mol. The van der Waals surface area contributed by atoms with Crippen molar-refractivity contribution in [1.82, 2.24) is 0 Å². The molecule has 0 radical (unpaired) electrons. The Morgan fingerprint density at radius 1 is 0.196 bits per heavy atom. The highest BCUT2D eigenvalue weighted by molar-refractivity contribution is 6.23. The van der Waals surface area contributed by atoms with Gasteiger partial charge in [0.1, 0.15) is 0 Å². The lowest BCUT2D eigenvalue weighted by Crippen LogP contribution is -1.91. The molecule has 0 spiro atoms. The van der Waals surface area contributed by atoms with Crippen LogP contribution in [-0.4, -0.2) is 0 Å². The Bertz CT molecular complexity index is 2480. The van der Waals surface area contributed by atoms with E-state index in [-0.39, 0.29) is 0 Å². The third-order valence-corrected chi connectivity index (χ3v) is 9.48. The molecule has 0 saturated heterocycles. The lowest BCUT2D eigenvalue weighted by Gasteiger charge is -2.19. The third-order valence-electron chi connectivity index (χ3n) is 9.48. The summed E-state index contributed by atoms with van der Waals surface area (Å²) in [6, 6.07) is 66.4. The molecule has 9 rings (SSSR count). The van der Waals surface area contributed by atoms with Gasteiger partial charge in [0.05, 0.1) is 0 Å². The first-order valence-corrected chi connectivity index (χ1v) is 15.9. The van der Waals surface area contributed by atoms with Gasteiger partial charge in [-0.05, 0) is 87.6 Å². The van der Waals surface area contributed by atoms with Crippen LogP contribution in [0.5, 0.6) is 0 Å². The largest absolute Gasteiger partial charge is 0.0616 e. The van der Waals surface area contributed by atoms with E-state index >= 15 is 0 Å². The van der Waals surface area contributed by atoms with Gasteiger partial charge in [-0.2, -0.15) is 0 Å². The Kier molecular flexibility index (Phi) is 6.25. The summed E-state index contributed by atoms with van der Waals surface area (Å²) in [5, 5.41) is 10.2. The number of benzene rings is 9. The van der Waals surface area contributed by atoms with E-state index in [1.807, 2.05) is 0 Å². The van der Waals surface area contributed by atoms with Gasteiger partial charge in [-0.1, -0.05) is 182 Å². The topological polar surface area (TPSA) is 0 Å². The summed E-state index contributed by atoms with van der Waals surface area (Å²) in [7, 11) is 0. The smallest absolute Gasteiger partial charge is 0.00201 e. The van der Waals surface area contributed by atoms with E-state index in [1.54, 1.807) is 0 Å². The average Bonchev–Trinajstić information content (AvgIpc) is 3.13. The highest BCUT2D eigenvalue weighted by atomic mass is 14.2. The van der Waals surface area contributed by atoms with Crippen molar-refractivity contribution in [3.63, 3.8) is 0 Å². The summed E-state index contributed by atoms with van der Waals surface area (Å²) in [6.07, 6.45) is 0. The second-order valence-electron chi connectivity index (χ2n) is 12.0. The zero-order chi connectivity index (χ0) is 30.5. The number of hydrogen-bond donors (Lipinski definition) is 0. The van der Waals surface area contributed by atoms with E-state index < -0.39 is 0 Å². The first kappa shape index (κ1) is 26.4. The van der Waals surface area contributed by atoms with Crippen LogP contribution in [-0.2, 0) is 0 Å². The first-order valence-electron chi connectivity index (χ1n) is 15.9. The monoisotopic (exact) mass is 582 g/mol. The normalized spacial score (nSPS) is 11.5. The standard InChI is InChI=1S/C46H30/c1-3-15-37-33(11-1)13-9-21-38(37)35-27-23-31(24-28-35)32-25-29-36(30-26-32)45-41-17-5-7-19-43(41)46(44-20-8-6-18-42(44)45)40-22-10-14-34-12-2-4-16-39(34)40/h1-30H. The molecule has 0 heteroatoms. The van der Waals surface area contributed by atoms with Crippen molar-refractivity contribution in [2.24, 2.45) is 0 Å². The second kappa shape index (κ2) is 10.9. The van der Waals surface area contributed by atoms with Crippen LogP contribution in [0.15, 0.2) is 182 Å². The van der Waals surface area contributed by atoms with Crippen LogP contribution in [0.4, 0.5) is 0 Å². The molecule has 0 fully saturated rings. The number of fused-ring (bicyclic) bond motifs is 4. The molecule has 0 atom stereocenters. The molecule has 9 aromatic carbocycles. The highest BCUT2D eigenvalue weighted by Crippen LogP contribution is 2.45. The molecule has 0 unspecified atom stereocenters. The molecule has 0 N–H and O–H groups in total. The van der Waals surface area contributed by atoms with Crippen LogP contribution in [0.25, 0.3) is 87.6 Å². The fourth-order valence-corrected chi connectivity index (χ4v) is 7.32. The van der Waals surface area contributed by atoms with Gasteiger partial charge >= 0.3 is 0 Å². The predicted molar refractivity (Wildman–Crippen MR) is 198 cm³/mol. The molecule has 0 saturated carbocycles. The maximum atomic E-state index is 2.29. The quantitative estimate of drug-likeness (QED) is 0.181. The second-order valence-corrected chi connectivity index (χ2v) is 12.0. The maximum Gasteiger partial charge on any atom is -0.00201 e. The highest BCUT2D eigenvalue weighted by Gasteiger charge is 2.17. The summed E-state index contributed by atoms with van der Waals surface area (Å²) < 4.78 is 0. The molecule has 9 aromatic rings. The van der Waals surface area contributed by atoms with Crippen LogP contribution >= 0.6 is 0 Å². The van der Waals surface area contributed by atoms with Gasteiger partial charge in [0.15, 0.2) is 0 Å². The zero-order valence-electron chi connectivity index (χ0n) is 25.3. The summed E-state index contributed by atoms with van der Waals surface area (Å²) >= 11 is 0. The van der Waals surface area contributed by atoms with E-state index in [9.17, 15) is 0 Å². The van der Waals surface area contributed by atoms with Crippen molar-refractivity contribution in [1.29, 1.82) is 0 Å². The van der Waals surface area contributed by atoms with Crippen molar-refractivity contribution in [2.45, 2.75) is 0 Å². The van der Waals surface area contributed by atoms with Crippen molar-refractivity contribution in [3.8, 4) is 44.5 Å². The molecule has 0 aliphatic carbocycles. The molecule has 0 amide bonds.